The topological polar surface area (TPSA) is 51.6 Å². The lowest BCUT2D eigenvalue weighted by molar-refractivity contribution is 1.06. The Hall–Kier alpha value is -1.36. The quantitative estimate of drug-likeness (QED) is 0.623. The first-order valence-electron chi connectivity index (χ1n) is 2.94. The minimum atomic E-state index is 0.603. The molecule has 11 heavy (non-hydrogen) atoms. The van der Waals surface area contributed by atoms with E-state index in [-0.39, 0.29) is 0 Å². The zero-order valence-corrected chi connectivity index (χ0v) is 6.25. The summed E-state index contributed by atoms with van der Waals surface area (Å²) in [6.07, 6.45) is 3.34. The van der Waals surface area contributed by atoms with Crippen LogP contribution in [0.2, 0.25) is 0 Å². The van der Waals surface area contributed by atoms with Crippen LogP contribution in [-0.2, 0) is 0 Å². The molecular formula is C6H3N4S. The molecule has 0 aromatic carbocycles. The SMILES string of the molecule is [c]1nnc(-c2ncccn2)s1. The fraction of sp³-hybridized carbons (Fsp3) is 0. The Bertz CT molecular complexity index is 318. The monoisotopic (exact) mass is 163 g/mol. The van der Waals surface area contributed by atoms with Crippen molar-refractivity contribution < 1.29 is 0 Å². The molecule has 0 unspecified atom stereocenters. The van der Waals surface area contributed by atoms with Crippen LogP contribution in [0.5, 0.6) is 0 Å². The molecule has 2 heterocycles. The summed E-state index contributed by atoms with van der Waals surface area (Å²) in [5, 5.41) is 8.04. The Morgan fingerprint density at radius 2 is 2.09 bits per heavy atom. The van der Waals surface area contributed by atoms with Crippen molar-refractivity contribution in [1.29, 1.82) is 0 Å². The van der Waals surface area contributed by atoms with Gasteiger partial charge in [-0.2, -0.15) is 0 Å². The molecule has 0 aliphatic heterocycles. The van der Waals surface area contributed by atoms with Gasteiger partial charge in [0.2, 0.25) is 0 Å². The Morgan fingerprint density at radius 1 is 1.27 bits per heavy atom. The fourth-order valence-electron chi connectivity index (χ4n) is 0.650. The normalized spacial score (nSPS) is 9.82. The summed E-state index contributed by atoms with van der Waals surface area (Å²) >= 11 is 1.30. The molecule has 0 aliphatic rings. The molecule has 2 rings (SSSR count). The maximum absolute atomic E-state index is 4.00. The van der Waals surface area contributed by atoms with E-state index in [4.69, 9.17) is 0 Å². The van der Waals surface area contributed by atoms with Gasteiger partial charge in [0.25, 0.3) is 0 Å². The van der Waals surface area contributed by atoms with Crippen molar-refractivity contribution in [3.8, 4) is 10.8 Å². The van der Waals surface area contributed by atoms with Crippen molar-refractivity contribution in [2.24, 2.45) is 0 Å². The summed E-state index contributed by atoms with van der Waals surface area (Å²) in [6.45, 7) is 0. The molecular weight excluding hydrogens is 160 g/mol. The Kier molecular flexibility index (Phi) is 1.57. The minimum absolute atomic E-state index is 0.603. The van der Waals surface area contributed by atoms with Crippen LogP contribution < -0.4 is 0 Å². The first kappa shape index (κ1) is 6.36. The maximum atomic E-state index is 4.00. The number of rotatable bonds is 1. The molecule has 0 atom stereocenters. The zero-order chi connectivity index (χ0) is 7.52. The van der Waals surface area contributed by atoms with E-state index in [9.17, 15) is 0 Å². The van der Waals surface area contributed by atoms with Gasteiger partial charge in [0.15, 0.2) is 16.3 Å². The van der Waals surface area contributed by atoms with E-state index in [1.165, 1.54) is 11.3 Å². The van der Waals surface area contributed by atoms with Gasteiger partial charge in [-0.3, -0.25) is 0 Å². The molecule has 4 nitrogen and oxygen atoms in total. The Balaban J connectivity index is 2.46. The number of hydrogen-bond donors (Lipinski definition) is 0. The molecule has 0 saturated heterocycles. The van der Waals surface area contributed by atoms with Crippen LogP contribution in [0.1, 0.15) is 0 Å². The second-order valence-corrected chi connectivity index (χ2v) is 2.54. The minimum Gasteiger partial charge on any atom is -0.234 e. The third-order valence-corrected chi connectivity index (χ3v) is 1.71. The van der Waals surface area contributed by atoms with E-state index in [2.05, 4.69) is 25.7 Å². The molecule has 2 aromatic rings. The highest BCUT2D eigenvalue weighted by atomic mass is 32.1. The van der Waals surface area contributed by atoms with Gasteiger partial charge in [0, 0.05) is 12.4 Å². The van der Waals surface area contributed by atoms with Gasteiger partial charge in [0.1, 0.15) is 0 Å². The number of hydrogen-bond acceptors (Lipinski definition) is 5. The highest BCUT2D eigenvalue weighted by molar-refractivity contribution is 7.12. The standard InChI is InChI=1S/C6H3N4S/c1-2-7-5(8-3-1)6-10-9-4-11-6/h1-3H. The average Bonchev–Trinajstić information content (AvgIpc) is 2.58. The van der Waals surface area contributed by atoms with Crippen LogP contribution in [0.4, 0.5) is 0 Å². The molecule has 0 aliphatic carbocycles. The van der Waals surface area contributed by atoms with Gasteiger partial charge in [-0.1, -0.05) is 11.3 Å². The summed E-state index contributed by atoms with van der Waals surface area (Å²) < 4.78 is 0. The van der Waals surface area contributed by atoms with Gasteiger partial charge in [-0.05, 0) is 6.07 Å². The second-order valence-electron chi connectivity index (χ2n) is 1.77. The fourth-order valence-corrected chi connectivity index (χ4v) is 1.10. The third kappa shape index (κ3) is 1.22. The van der Waals surface area contributed by atoms with Crippen LogP contribution in [0, 0.1) is 5.51 Å². The predicted molar refractivity (Wildman–Crippen MR) is 39.8 cm³/mol. The summed E-state index contributed by atoms with van der Waals surface area (Å²) in [5.41, 5.74) is 2.63. The molecule has 0 saturated carbocycles. The Morgan fingerprint density at radius 3 is 2.73 bits per heavy atom. The molecule has 0 amide bonds. The highest BCUT2D eigenvalue weighted by Crippen LogP contribution is 2.13. The molecule has 0 spiro atoms. The van der Waals surface area contributed by atoms with Gasteiger partial charge >= 0.3 is 0 Å². The second kappa shape index (κ2) is 2.71. The van der Waals surface area contributed by atoms with Crippen molar-refractivity contribution in [3.63, 3.8) is 0 Å². The highest BCUT2D eigenvalue weighted by Gasteiger charge is 2.01. The molecule has 0 fully saturated rings. The maximum Gasteiger partial charge on any atom is 0.190 e. The van der Waals surface area contributed by atoms with Crippen LogP contribution >= 0.6 is 11.3 Å². The summed E-state index contributed by atoms with van der Waals surface area (Å²) in [6, 6.07) is 1.76. The van der Waals surface area contributed by atoms with Crippen molar-refractivity contribution in [1.82, 2.24) is 20.2 Å². The van der Waals surface area contributed by atoms with Crippen molar-refractivity contribution in [2.45, 2.75) is 0 Å². The lowest BCUT2D eigenvalue weighted by Crippen LogP contribution is -1.84. The lowest BCUT2D eigenvalue weighted by Gasteiger charge is -1.88. The molecule has 0 bridgehead atoms. The largest absolute Gasteiger partial charge is 0.234 e. The van der Waals surface area contributed by atoms with E-state index >= 15 is 0 Å². The first-order chi connectivity index (χ1) is 5.47. The zero-order valence-electron chi connectivity index (χ0n) is 5.43. The van der Waals surface area contributed by atoms with Crippen LogP contribution in [0.15, 0.2) is 18.5 Å². The molecule has 53 valence electrons. The lowest BCUT2D eigenvalue weighted by atomic mass is 10.6. The van der Waals surface area contributed by atoms with E-state index in [1.54, 1.807) is 18.5 Å². The van der Waals surface area contributed by atoms with E-state index in [1.807, 2.05) is 0 Å². The van der Waals surface area contributed by atoms with E-state index in [0.717, 1.165) is 0 Å². The van der Waals surface area contributed by atoms with Crippen molar-refractivity contribution in [2.75, 3.05) is 0 Å². The number of nitrogens with zero attached hydrogens (tertiary/aromatic N) is 4. The van der Waals surface area contributed by atoms with Gasteiger partial charge in [-0.25, -0.2) is 9.97 Å². The summed E-state index contributed by atoms with van der Waals surface area (Å²) in [7, 11) is 0. The molecule has 5 heteroatoms. The first-order valence-corrected chi connectivity index (χ1v) is 3.75. The van der Waals surface area contributed by atoms with Gasteiger partial charge in [0.05, 0.1) is 0 Å². The van der Waals surface area contributed by atoms with Gasteiger partial charge < -0.3 is 0 Å². The molecule has 1 radical (unpaired) electrons. The van der Waals surface area contributed by atoms with Crippen LogP contribution in [0.25, 0.3) is 10.8 Å². The average molecular weight is 163 g/mol. The van der Waals surface area contributed by atoms with Crippen LogP contribution in [-0.4, -0.2) is 20.2 Å². The molecule has 2 aromatic heterocycles. The molecule has 0 N–H and O–H groups in total. The van der Waals surface area contributed by atoms with Crippen LogP contribution in [0.3, 0.4) is 0 Å². The smallest absolute Gasteiger partial charge is 0.190 e. The Labute approximate surface area is 67.0 Å². The van der Waals surface area contributed by atoms with E-state index < -0.39 is 0 Å². The van der Waals surface area contributed by atoms with Crippen molar-refractivity contribution in [3.05, 3.63) is 24.0 Å². The van der Waals surface area contributed by atoms with Crippen molar-refractivity contribution >= 4 is 11.3 Å². The third-order valence-electron chi connectivity index (χ3n) is 1.08. The number of aromatic nitrogens is 4. The van der Waals surface area contributed by atoms with E-state index in [0.29, 0.717) is 10.8 Å². The predicted octanol–water partition coefficient (Wildman–Crippen LogP) is 0.795. The summed E-state index contributed by atoms with van der Waals surface area (Å²) in [5.74, 6) is 0.603. The van der Waals surface area contributed by atoms with Gasteiger partial charge in [-0.15, -0.1) is 10.2 Å². The summed E-state index contributed by atoms with van der Waals surface area (Å²) in [4.78, 5) is 8.00.